The number of primary amides is 1. The minimum Gasteiger partial charge on any atom is -0.396 e. The summed E-state index contributed by atoms with van der Waals surface area (Å²) in [6.07, 6.45) is 7.22. The summed E-state index contributed by atoms with van der Waals surface area (Å²) in [7, 11) is 0. The van der Waals surface area contributed by atoms with Gasteiger partial charge in [0.15, 0.2) is 0 Å². The number of allylic oxidation sites excluding steroid dienone is 1. The SMILES string of the molecule is C=CCC(C)C.CC(C)CC(N)=O.CC(C)CCO.CCCC(C)C. The Kier molecular flexibility index (Phi) is 32.4. The fourth-order valence-electron chi connectivity index (χ4n) is 1.57. The van der Waals surface area contributed by atoms with Crippen LogP contribution in [0, 0.1) is 23.7 Å². The zero-order valence-corrected chi connectivity index (χ0v) is 18.8. The van der Waals surface area contributed by atoms with Crippen molar-refractivity contribution in [2.24, 2.45) is 29.4 Å². The Morgan fingerprint density at radius 3 is 1.36 bits per heavy atom. The normalized spacial score (nSPS) is 9.68. The number of hydrogen-bond acceptors (Lipinski definition) is 2. The average Bonchev–Trinajstić information content (AvgIpc) is 2.38. The third-order valence-electron chi connectivity index (χ3n) is 2.82. The predicted molar refractivity (Wildman–Crippen MR) is 115 cm³/mol. The summed E-state index contributed by atoms with van der Waals surface area (Å²) in [5.41, 5.74) is 4.85. The van der Waals surface area contributed by atoms with Crippen LogP contribution in [-0.4, -0.2) is 17.6 Å². The summed E-state index contributed by atoms with van der Waals surface area (Å²) in [5.74, 6) is 2.51. The number of carbonyl (C=O) groups is 1. The molecule has 0 saturated carbocycles. The van der Waals surface area contributed by atoms with Crippen molar-refractivity contribution in [2.75, 3.05) is 6.61 Å². The van der Waals surface area contributed by atoms with Crippen LogP contribution in [0.3, 0.4) is 0 Å². The van der Waals surface area contributed by atoms with Crippen molar-refractivity contribution in [3.63, 3.8) is 0 Å². The largest absolute Gasteiger partial charge is 0.396 e. The molecule has 0 aliphatic rings. The van der Waals surface area contributed by atoms with Crippen LogP contribution < -0.4 is 5.73 Å². The average molecular weight is 360 g/mol. The van der Waals surface area contributed by atoms with Gasteiger partial charge in [0, 0.05) is 13.0 Å². The lowest BCUT2D eigenvalue weighted by molar-refractivity contribution is -0.118. The number of aliphatic hydroxyl groups excluding tert-OH is 1. The maximum atomic E-state index is 10.0. The third kappa shape index (κ3) is 70.1. The zero-order chi connectivity index (χ0) is 20.8. The lowest BCUT2D eigenvalue weighted by Gasteiger charge is -1.95. The van der Waals surface area contributed by atoms with Crippen LogP contribution in [0.15, 0.2) is 12.7 Å². The monoisotopic (exact) mass is 359 g/mol. The molecule has 0 aliphatic heterocycles. The van der Waals surface area contributed by atoms with Gasteiger partial charge in [0.1, 0.15) is 0 Å². The van der Waals surface area contributed by atoms with Crippen LogP contribution in [0.4, 0.5) is 0 Å². The van der Waals surface area contributed by atoms with Gasteiger partial charge < -0.3 is 10.8 Å². The lowest BCUT2D eigenvalue weighted by atomic mass is 10.1. The molecule has 0 aromatic heterocycles. The minimum atomic E-state index is -0.213. The Balaban J connectivity index is -0.000000118. The van der Waals surface area contributed by atoms with Gasteiger partial charge in [-0.05, 0) is 36.5 Å². The molecule has 0 fully saturated rings. The van der Waals surface area contributed by atoms with Crippen molar-refractivity contribution in [1.29, 1.82) is 0 Å². The fourth-order valence-corrected chi connectivity index (χ4v) is 1.57. The van der Waals surface area contributed by atoms with Crippen molar-refractivity contribution in [2.45, 2.75) is 94.4 Å². The van der Waals surface area contributed by atoms with E-state index in [0.29, 0.717) is 24.9 Å². The van der Waals surface area contributed by atoms with E-state index in [2.05, 4.69) is 55.0 Å². The Bertz CT molecular complexity index is 249. The zero-order valence-electron chi connectivity index (χ0n) is 18.8. The molecule has 154 valence electrons. The number of nitrogens with two attached hydrogens (primary N) is 1. The van der Waals surface area contributed by atoms with Crippen LogP contribution in [0.1, 0.15) is 94.4 Å². The van der Waals surface area contributed by atoms with E-state index in [0.717, 1.165) is 24.7 Å². The van der Waals surface area contributed by atoms with E-state index in [1.165, 1.54) is 12.8 Å². The fraction of sp³-hybridized carbons (Fsp3) is 0.864. The molecular weight excluding hydrogens is 310 g/mol. The summed E-state index contributed by atoms with van der Waals surface area (Å²) < 4.78 is 0. The molecule has 0 heterocycles. The molecule has 0 aromatic carbocycles. The smallest absolute Gasteiger partial charge is 0.217 e. The lowest BCUT2D eigenvalue weighted by Crippen LogP contribution is -2.12. The molecular formula is C22H49NO2. The van der Waals surface area contributed by atoms with Gasteiger partial charge in [-0.2, -0.15) is 0 Å². The second-order valence-corrected chi connectivity index (χ2v) is 8.07. The van der Waals surface area contributed by atoms with Crippen LogP contribution in [0.25, 0.3) is 0 Å². The van der Waals surface area contributed by atoms with Crippen molar-refractivity contribution >= 4 is 5.91 Å². The quantitative estimate of drug-likeness (QED) is 0.506. The highest BCUT2D eigenvalue weighted by Crippen LogP contribution is 2.00. The van der Waals surface area contributed by atoms with Gasteiger partial charge in [-0.25, -0.2) is 0 Å². The highest BCUT2D eigenvalue weighted by molar-refractivity contribution is 5.73. The topological polar surface area (TPSA) is 63.3 Å². The second-order valence-electron chi connectivity index (χ2n) is 8.07. The number of hydrogen-bond donors (Lipinski definition) is 2. The number of carbonyl (C=O) groups excluding carboxylic acids is 1. The molecule has 3 heteroatoms. The van der Waals surface area contributed by atoms with Crippen LogP contribution in [0.5, 0.6) is 0 Å². The van der Waals surface area contributed by atoms with Crippen LogP contribution in [0.2, 0.25) is 0 Å². The first-order valence-corrected chi connectivity index (χ1v) is 9.94. The van der Waals surface area contributed by atoms with Crippen molar-refractivity contribution < 1.29 is 9.90 Å². The van der Waals surface area contributed by atoms with Gasteiger partial charge >= 0.3 is 0 Å². The molecule has 0 unspecified atom stereocenters. The number of rotatable bonds is 8. The summed E-state index contributed by atoms with van der Waals surface area (Å²) in [6.45, 7) is 23.1. The standard InChI is InChI=1S/C6H14.C6H12.C5H11NO.C5H12O/c2*1-4-5-6(2)3;1-4(2)3-5(6)7;1-5(2)3-4-6/h6H,4-5H2,1-3H3;4,6H,1,5H2,2-3H3;4H,3H2,1-2H3,(H2,6,7);5-6H,3-4H2,1-2H3. The highest BCUT2D eigenvalue weighted by Gasteiger charge is 1.96. The first-order valence-electron chi connectivity index (χ1n) is 9.94. The molecule has 1 amide bonds. The molecule has 0 rings (SSSR count). The van der Waals surface area contributed by atoms with E-state index < -0.39 is 0 Å². The molecule has 25 heavy (non-hydrogen) atoms. The van der Waals surface area contributed by atoms with E-state index in [-0.39, 0.29) is 5.91 Å². The van der Waals surface area contributed by atoms with Gasteiger partial charge in [0.25, 0.3) is 0 Å². The Hall–Kier alpha value is -0.830. The Morgan fingerprint density at radius 1 is 0.920 bits per heavy atom. The first-order chi connectivity index (χ1) is 11.4. The van der Waals surface area contributed by atoms with Gasteiger partial charge in [-0.3, -0.25) is 4.79 Å². The molecule has 0 aliphatic carbocycles. The molecule has 3 nitrogen and oxygen atoms in total. The Morgan fingerprint density at radius 2 is 1.36 bits per heavy atom. The van der Waals surface area contributed by atoms with Gasteiger partial charge in [-0.1, -0.05) is 81.2 Å². The minimum absolute atomic E-state index is 0.213. The molecule has 0 radical (unpaired) electrons. The molecule has 0 atom stereocenters. The molecule has 0 aromatic rings. The summed E-state index contributed by atoms with van der Waals surface area (Å²) >= 11 is 0. The highest BCUT2D eigenvalue weighted by atomic mass is 16.3. The van der Waals surface area contributed by atoms with Crippen molar-refractivity contribution in [3.05, 3.63) is 12.7 Å². The van der Waals surface area contributed by atoms with E-state index >= 15 is 0 Å². The summed E-state index contributed by atoms with van der Waals surface area (Å²) in [4.78, 5) is 10.0. The van der Waals surface area contributed by atoms with Crippen LogP contribution in [-0.2, 0) is 4.79 Å². The number of amides is 1. The van der Waals surface area contributed by atoms with Crippen molar-refractivity contribution in [1.82, 2.24) is 0 Å². The maximum absolute atomic E-state index is 10.0. The molecule has 0 spiro atoms. The molecule has 0 bridgehead atoms. The predicted octanol–water partition coefficient (Wildman–Crippen LogP) is 6.20. The summed E-state index contributed by atoms with van der Waals surface area (Å²) in [5, 5.41) is 8.24. The van der Waals surface area contributed by atoms with E-state index in [1.807, 2.05) is 19.9 Å². The van der Waals surface area contributed by atoms with E-state index in [4.69, 9.17) is 10.8 Å². The van der Waals surface area contributed by atoms with Gasteiger partial charge in [0.2, 0.25) is 5.91 Å². The van der Waals surface area contributed by atoms with Crippen molar-refractivity contribution in [3.8, 4) is 0 Å². The summed E-state index contributed by atoms with van der Waals surface area (Å²) in [6, 6.07) is 0. The molecule has 3 N–H and O–H groups in total. The first kappa shape index (κ1) is 31.9. The van der Waals surface area contributed by atoms with Gasteiger partial charge in [0.05, 0.1) is 0 Å². The number of aliphatic hydroxyl groups is 1. The molecule has 0 saturated heterocycles. The third-order valence-corrected chi connectivity index (χ3v) is 2.82. The van der Waals surface area contributed by atoms with E-state index in [1.54, 1.807) is 0 Å². The van der Waals surface area contributed by atoms with E-state index in [9.17, 15) is 4.79 Å². The second kappa shape index (κ2) is 25.4. The maximum Gasteiger partial charge on any atom is 0.217 e. The van der Waals surface area contributed by atoms with Crippen LogP contribution >= 0.6 is 0 Å². The Labute approximate surface area is 159 Å². The van der Waals surface area contributed by atoms with Gasteiger partial charge in [-0.15, -0.1) is 6.58 Å².